The number of allylic oxidation sites excluding steroid dienone is 1. The molecule has 0 saturated heterocycles. The molecule has 1 aliphatic rings. The number of nitrogens with two attached hydrogens (primary N) is 1. The van der Waals surface area contributed by atoms with Gasteiger partial charge in [0.25, 0.3) is 0 Å². The Kier molecular flexibility index (Phi) is 4.84. The van der Waals surface area contributed by atoms with Gasteiger partial charge in [0.05, 0.1) is 4.47 Å². The Bertz CT molecular complexity index is 429. The molecule has 2 rings (SSSR count). The first-order valence-corrected chi connectivity index (χ1v) is 7.32. The molecule has 0 radical (unpaired) electrons. The lowest BCUT2D eigenvalue weighted by atomic mass is 10.0. The third kappa shape index (κ3) is 3.59. The smallest absolute Gasteiger partial charge is 0.137 e. The molecule has 1 aromatic rings. The molecule has 0 spiro atoms. The van der Waals surface area contributed by atoms with Crippen LogP contribution in [0.15, 0.2) is 34.8 Å². The van der Waals surface area contributed by atoms with Gasteiger partial charge >= 0.3 is 0 Å². The topological polar surface area (TPSA) is 35.2 Å². The monoisotopic (exact) mass is 309 g/mol. The summed E-state index contributed by atoms with van der Waals surface area (Å²) >= 11 is 3.57. The van der Waals surface area contributed by atoms with Gasteiger partial charge in [-0.05, 0) is 66.2 Å². The van der Waals surface area contributed by atoms with E-state index in [4.69, 9.17) is 10.5 Å². The zero-order chi connectivity index (χ0) is 13.0. The first-order valence-electron chi connectivity index (χ1n) is 6.53. The molecule has 0 saturated carbocycles. The fourth-order valence-corrected chi connectivity index (χ4v) is 2.72. The molecule has 2 unspecified atom stereocenters. The molecule has 2 atom stereocenters. The quantitative estimate of drug-likeness (QED) is 0.858. The van der Waals surface area contributed by atoms with E-state index in [1.807, 2.05) is 19.1 Å². The van der Waals surface area contributed by atoms with E-state index in [0.717, 1.165) is 23.1 Å². The SMILES string of the molecule is CC(N)Cc1cccc(Br)c1OC1C=CCCC1. The van der Waals surface area contributed by atoms with Gasteiger partial charge in [0.15, 0.2) is 0 Å². The second-order valence-corrected chi connectivity index (χ2v) is 5.78. The van der Waals surface area contributed by atoms with Crippen molar-refractivity contribution < 1.29 is 4.74 Å². The number of para-hydroxylation sites is 1. The Morgan fingerprint density at radius 1 is 1.50 bits per heavy atom. The van der Waals surface area contributed by atoms with Crippen LogP contribution in [0.4, 0.5) is 0 Å². The van der Waals surface area contributed by atoms with E-state index in [1.54, 1.807) is 0 Å². The van der Waals surface area contributed by atoms with Crippen molar-refractivity contribution in [2.75, 3.05) is 0 Å². The highest BCUT2D eigenvalue weighted by atomic mass is 79.9. The first-order chi connectivity index (χ1) is 8.66. The van der Waals surface area contributed by atoms with Crippen LogP contribution in [-0.2, 0) is 6.42 Å². The van der Waals surface area contributed by atoms with Gasteiger partial charge in [-0.2, -0.15) is 0 Å². The van der Waals surface area contributed by atoms with E-state index in [9.17, 15) is 0 Å². The van der Waals surface area contributed by atoms with Crippen molar-refractivity contribution in [2.24, 2.45) is 5.73 Å². The molecule has 0 amide bonds. The number of rotatable bonds is 4. The molecule has 2 nitrogen and oxygen atoms in total. The first kappa shape index (κ1) is 13.6. The summed E-state index contributed by atoms with van der Waals surface area (Å²) in [6, 6.07) is 6.29. The highest BCUT2D eigenvalue weighted by Gasteiger charge is 2.15. The van der Waals surface area contributed by atoms with Crippen LogP contribution in [0.25, 0.3) is 0 Å². The molecule has 18 heavy (non-hydrogen) atoms. The van der Waals surface area contributed by atoms with Crippen LogP contribution >= 0.6 is 15.9 Å². The van der Waals surface area contributed by atoms with Gasteiger partial charge in [-0.25, -0.2) is 0 Å². The van der Waals surface area contributed by atoms with Crippen molar-refractivity contribution in [1.29, 1.82) is 0 Å². The summed E-state index contributed by atoms with van der Waals surface area (Å²) in [6.45, 7) is 2.02. The average Bonchev–Trinajstić information content (AvgIpc) is 2.34. The van der Waals surface area contributed by atoms with E-state index >= 15 is 0 Å². The molecule has 0 aromatic heterocycles. The summed E-state index contributed by atoms with van der Waals surface area (Å²) in [7, 11) is 0. The van der Waals surface area contributed by atoms with Crippen LogP contribution in [0.1, 0.15) is 31.7 Å². The van der Waals surface area contributed by atoms with Gasteiger partial charge in [-0.3, -0.25) is 0 Å². The molecular formula is C15H20BrNO. The highest BCUT2D eigenvalue weighted by Crippen LogP contribution is 2.32. The highest BCUT2D eigenvalue weighted by molar-refractivity contribution is 9.10. The fraction of sp³-hybridized carbons (Fsp3) is 0.467. The zero-order valence-electron chi connectivity index (χ0n) is 10.7. The lowest BCUT2D eigenvalue weighted by Gasteiger charge is -2.22. The molecule has 2 N–H and O–H groups in total. The second kappa shape index (κ2) is 6.39. The molecule has 98 valence electrons. The summed E-state index contributed by atoms with van der Waals surface area (Å²) in [5, 5.41) is 0. The molecule has 0 bridgehead atoms. The third-order valence-electron chi connectivity index (χ3n) is 3.07. The van der Waals surface area contributed by atoms with Crippen LogP contribution in [0.2, 0.25) is 0 Å². The number of benzene rings is 1. The molecule has 0 aliphatic heterocycles. The normalized spacial score (nSPS) is 20.7. The van der Waals surface area contributed by atoms with Gasteiger partial charge in [0.1, 0.15) is 11.9 Å². The minimum absolute atomic E-state index is 0.142. The Labute approximate surface area is 117 Å². The standard InChI is InChI=1S/C15H20BrNO/c1-11(17)10-12-6-5-9-14(16)15(12)18-13-7-3-2-4-8-13/h3,5-7,9,11,13H,2,4,8,10,17H2,1H3. The van der Waals surface area contributed by atoms with E-state index < -0.39 is 0 Å². The maximum atomic E-state index is 6.13. The van der Waals surface area contributed by atoms with Crippen LogP contribution in [0.3, 0.4) is 0 Å². The molecular weight excluding hydrogens is 290 g/mol. The predicted molar refractivity (Wildman–Crippen MR) is 78.9 cm³/mol. The van der Waals surface area contributed by atoms with E-state index in [-0.39, 0.29) is 12.1 Å². The van der Waals surface area contributed by atoms with Crippen LogP contribution < -0.4 is 10.5 Å². The lowest BCUT2D eigenvalue weighted by Crippen LogP contribution is -2.20. The van der Waals surface area contributed by atoms with Crippen molar-refractivity contribution in [2.45, 2.75) is 44.8 Å². The third-order valence-corrected chi connectivity index (χ3v) is 3.69. The lowest BCUT2D eigenvalue weighted by molar-refractivity contribution is 0.226. The fourth-order valence-electron chi connectivity index (χ4n) is 2.22. The molecule has 0 heterocycles. The molecule has 1 aliphatic carbocycles. The molecule has 3 heteroatoms. The summed E-state index contributed by atoms with van der Waals surface area (Å²) < 4.78 is 7.14. The average molecular weight is 310 g/mol. The largest absolute Gasteiger partial charge is 0.485 e. The summed E-state index contributed by atoms with van der Waals surface area (Å²) in [5.74, 6) is 0.950. The van der Waals surface area contributed by atoms with Gasteiger partial charge in [-0.15, -0.1) is 0 Å². The number of halogens is 1. The maximum absolute atomic E-state index is 6.13. The predicted octanol–water partition coefficient (Wildman–Crippen LogP) is 3.83. The Morgan fingerprint density at radius 2 is 2.33 bits per heavy atom. The maximum Gasteiger partial charge on any atom is 0.137 e. The van der Waals surface area contributed by atoms with Gasteiger partial charge in [-0.1, -0.05) is 18.2 Å². The van der Waals surface area contributed by atoms with Crippen molar-refractivity contribution >= 4 is 15.9 Å². The van der Waals surface area contributed by atoms with Gasteiger partial charge < -0.3 is 10.5 Å². The van der Waals surface area contributed by atoms with Crippen LogP contribution in [0.5, 0.6) is 5.75 Å². The second-order valence-electron chi connectivity index (χ2n) is 4.92. The Hall–Kier alpha value is -0.800. The number of hydrogen-bond acceptors (Lipinski definition) is 2. The van der Waals surface area contributed by atoms with Crippen molar-refractivity contribution in [3.05, 3.63) is 40.4 Å². The van der Waals surface area contributed by atoms with Crippen LogP contribution in [-0.4, -0.2) is 12.1 Å². The summed E-state index contributed by atoms with van der Waals surface area (Å²) in [5.41, 5.74) is 7.07. The Balaban J connectivity index is 2.19. The Morgan fingerprint density at radius 3 is 3.00 bits per heavy atom. The van der Waals surface area contributed by atoms with Gasteiger partial charge in [0, 0.05) is 6.04 Å². The minimum atomic E-state index is 0.142. The van der Waals surface area contributed by atoms with Crippen molar-refractivity contribution in [1.82, 2.24) is 0 Å². The summed E-state index contributed by atoms with van der Waals surface area (Å²) in [6.07, 6.45) is 8.87. The molecule has 0 fully saturated rings. The van der Waals surface area contributed by atoms with E-state index in [1.165, 1.54) is 18.4 Å². The zero-order valence-corrected chi connectivity index (χ0v) is 12.3. The van der Waals surface area contributed by atoms with Gasteiger partial charge in [0.2, 0.25) is 0 Å². The van der Waals surface area contributed by atoms with E-state index in [2.05, 4.69) is 34.1 Å². The summed E-state index contributed by atoms with van der Waals surface area (Å²) in [4.78, 5) is 0. The number of ether oxygens (including phenoxy) is 1. The van der Waals surface area contributed by atoms with Crippen molar-refractivity contribution in [3.63, 3.8) is 0 Å². The van der Waals surface area contributed by atoms with Crippen molar-refractivity contribution in [3.8, 4) is 5.75 Å². The van der Waals surface area contributed by atoms with E-state index in [0.29, 0.717) is 0 Å². The van der Waals surface area contributed by atoms with Crippen LogP contribution in [0, 0.1) is 0 Å². The minimum Gasteiger partial charge on any atom is -0.485 e. The molecule has 1 aromatic carbocycles. The number of hydrogen-bond donors (Lipinski definition) is 1.